The number of aromatic amines is 1. The lowest BCUT2D eigenvalue weighted by atomic mass is 10.1. The van der Waals surface area contributed by atoms with E-state index in [2.05, 4.69) is 29.0 Å². The first-order valence-electron chi connectivity index (χ1n) is 8.35. The summed E-state index contributed by atoms with van der Waals surface area (Å²) in [6.07, 6.45) is 2.31. The third kappa shape index (κ3) is 5.04. The summed E-state index contributed by atoms with van der Waals surface area (Å²) in [6.45, 7) is 8.56. The fourth-order valence-corrected chi connectivity index (χ4v) is 3.49. The monoisotopic (exact) mass is 347 g/mol. The molecule has 0 aliphatic carbocycles. The predicted molar refractivity (Wildman–Crippen MR) is 101 cm³/mol. The molecule has 1 heterocycles. The van der Waals surface area contributed by atoms with Gasteiger partial charge < -0.3 is 10.3 Å². The van der Waals surface area contributed by atoms with Gasteiger partial charge in [-0.25, -0.2) is 0 Å². The van der Waals surface area contributed by atoms with Crippen molar-refractivity contribution in [3.05, 3.63) is 38.8 Å². The van der Waals surface area contributed by atoms with Gasteiger partial charge >= 0.3 is 4.87 Å². The van der Waals surface area contributed by atoms with E-state index in [0.29, 0.717) is 0 Å². The lowest BCUT2D eigenvalue weighted by molar-refractivity contribution is -0.114. The Morgan fingerprint density at radius 3 is 2.79 bits per heavy atom. The van der Waals surface area contributed by atoms with E-state index in [1.807, 2.05) is 24.3 Å². The van der Waals surface area contributed by atoms with Gasteiger partial charge in [-0.1, -0.05) is 43.7 Å². The van der Waals surface area contributed by atoms with Gasteiger partial charge in [0.2, 0.25) is 5.91 Å². The Morgan fingerprint density at radius 1 is 1.33 bits per heavy atom. The number of hydrogen-bond acceptors (Lipinski definition) is 4. The van der Waals surface area contributed by atoms with Crippen LogP contribution in [0, 0.1) is 0 Å². The second kappa shape index (κ2) is 8.80. The van der Waals surface area contributed by atoms with E-state index in [0.717, 1.165) is 54.3 Å². The predicted octanol–water partition coefficient (Wildman–Crippen LogP) is 3.68. The fraction of sp³-hybridized carbons (Fsp3) is 0.444. The molecule has 1 aromatic heterocycles. The molecular weight excluding hydrogens is 322 g/mol. The van der Waals surface area contributed by atoms with Crippen LogP contribution >= 0.6 is 11.3 Å². The number of anilines is 1. The average Bonchev–Trinajstić information content (AvgIpc) is 2.91. The second-order valence-corrected chi connectivity index (χ2v) is 6.86. The molecule has 2 rings (SSSR count). The van der Waals surface area contributed by atoms with Crippen LogP contribution < -0.4 is 10.2 Å². The Morgan fingerprint density at radius 2 is 2.12 bits per heavy atom. The topological polar surface area (TPSA) is 65.2 Å². The van der Waals surface area contributed by atoms with Crippen LogP contribution in [0.1, 0.15) is 38.5 Å². The zero-order valence-corrected chi connectivity index (χ0v) is 15.3. The van der Waals surface area contributed by atoms with Crippen LogP contribution in [0.2, 0.25) is 0 Å². The summed E-state index contributed by atoms with van der Waals surface area (Å²) in [5.74, 6) is -0.108. The summed E-state index contributed by atoms with van der Waals surface area (Å²) >= 11 is 1.27. The molecule has 24 heavy (non-hydrogen) atoms. The highest BCUT2D eigenvalue weighted by Crippen LogP contribution is 2.27. The highest BCUT2D eigenvalue weighted by atomic mass is 32.1. The third-order valence-corrected chi connectivity index (χ3v) is 4.70. The van der Waals surface area contributed by atoms with E-state index >= 15 is 0 Å². The van der Waals surface area contributed by atoms with Crippen LogP contribution in [0.25, 0.3) is 11.3 Å². The Labute approximate surface area is 146 Å². The van der Waals surface area contributed by atoms with Gasteiger partial charge in [-0.15, -0.1) is 0 Å². The van der Waals surface area contributed by atoms with Gasteiger partial charge in [0, 0.05) is 29.6 Å². The minimum absolute atomic E-state index is 0.0449. The minimum atomic E-state index is -0.108. The van der Waals surface area contributed by atoms with Crippen molar-refractivity contribution in [2.45, 2.75) is 40.2 Å². The molecule has 0 unspecified atom stereocenters. The highest BCUT2D eigenvalue weighted by Gasteiger charge is 2.14. The number of amides is 1. The Bertz CT molecular complexity index is 736. The van der Waals surface area contributed by atoms with Crippen molar-refractivity contribution in [1.82, 2.24) is 9.88 Å². The summed E-state index contributed by atoms with van der Waals surface area (Å²) in [5.41, 5.74) is 2.50. The maximum absolute atomic E-state index is 11.9. The zero-order chi connectivity index (χ0) is 17.5. The van der Waals surface area contributed by atoms with Gasteiger partial charge in [0.15, 0.2) is 0 Å². The largest absolute Gasteiger partial charge is 0.326 e. The molecule has 0 aliphatic heterocycles. The molecular formula is C18H25N3O2S. The normalized spacial score (nSPS) is 11.0. The van der Waals surface area contributed by atoms with Crippen LogP contribution in [0.3, 0.4) is 0 Å². The van der Waals surface area contributed by atoms with Crippen molar-refractivity contribution in [2.75, 3.05) is 18.4 Å². The molecule has 0 aliphatic rings. The molecule has 1 aromatic carbocycles. The highest BCUT2D eigenvalue weighted by molar-refractivity contribution is 7.09. The molecule has 5 nitrogen and oxygen atoms in total. The van der Waals surface area contributed by atoms with E-state index in [9.17, 15) is 9.59 Å². The number of rotatable bonds is 8. The van der Waals surface area contributed by atoms with Gasteiger partial charge in [-0.3, -0.25) is 14.5 Å². The molecule has 0 atom stereocenters. The van der Waals surface area contributed by atoms with Gasteiger partial charge in [0.25, 0.3) is 0 Å². The van der Waals surface area contributed by atoms with Crippen molar-refractivity contribution in [3.8, 4) is 11.3 Å². The fourth-order valence-electron chi connectivity index (χ4n) is 2.59. The minimum Gasteiger partial charge on any atom is -0.326 e. The van der Waals surface area contributed by atoms with Crippen molar-refractivity contribution in [3.63, 3.8) is 0 Å². The summed E-state index contributed by atoms with van der Waals surface area (Å²) in [7, 11) is 0. The lowest BCUT2D eigenvalue weighted by Crippen LogP contribution is -2.23. The van der Waals surface area contributed by atoms with E-state index in [1.165, 1.54) is 18.3 Å². The molecule has 0 saturated carbocycles. The summed E-state index contributed by atoms with van der Waals surface area (Å²) < 4.78 is 0. The number of aromatic nitrogens is 1. The summed E-state index contributed by atoms with van der Waals surface area (Å²) in [5, 5.41) is 2.78. The maximum atomic E-state index is 11.9. The molecule has 0 radical (unpaired) electrons. The van der Waals surface area contributed by atoms with Crippen molar-refractivity contribution in [1.29, 1.82) is 0 Å². The maximum Gasteiger partial charge on any atom is 0.305 e. The van der Waals surface area contributed by atoms with Crippen LogP contribution in [0.5, 0.6) is 0 Å². The molecule has 2 N–H and O–H groups in total. The molecule has 0 bridgehead atoms. The van der Waals surface area contributed by atoms with Gasteiger partial charge in [-0.2, -0.15) is 0 Å². The SMILES string of the molecule is CCCCN(CC)Cc1sc(=O)[nH]c1-c1cccc(NC(C)=O)c1. The number of H-pyrrole nitrogens is 1. The quantitative estimate of drug-likeness (QED) is 0.765. The van der Waals surface area contributed by atoms with Crippen molar-refractivity contribution < 1.29 is 4.79 Å². The van der Waals surface area contributed by atoms with Crippen LogP contribution in [0.15, 0.2) is 29.1 Å². The Hall–Kier alpha value is -1.92. The first kappa shape index (κ1) is 18.4. The Kier molecular flexibility index (Phi) is 6.75. The average molecular weight is 347 g/mol. The third-order valence-electron chi connectivity index (χ3n) is 3.84. The summed E-state index contributed by atoms with van der Waals surface area (Å²) in [6, 6.07) is 7.57. The number of carbonyl (C=O) groups is 1. The van der Waals surface area contributed by atoms with Crippen LogP contribution in [-0.4, -0.2) is 28.9 Å². The molecule has 2 aromatic rings. The van der Waals surface area contributed by atoms with E-state index in [1.54, 1.807) is 0 Å². The van der Waals surface area contributed by atoms with Gasteiger partial charge in [-0.05, 0) is 31.6 Å². The summed E-state index contributed by atoms with van der Waals surface area (Å²) in [4.78, 5) is 29.4. The van der Waals surface area contributed by atoms with E-state index in [-0.39, 0.29) is 10.8 Å². The standard InChI is InChI=1S/C18H25N3O2S/c1-4-6-10-21(5-2)12-16-17(20-18(23)24-16)14-8-7-9-15(11-14)19-13(3)22/h7-9,11H,4-6,10,12H2,1-3H3,(H,19,22)(H,20,23). The smallest absolute Gasteiger partial charge is 0.305 e. The first-order valence-corrected chi connectivity index (χ1v) is 9.17. The van der Waals surface area contributed by atoms with Gasteiger partial charge in [0.05, 0.1) is 5.69 Å². The molecule has 1 amide bonds. The zero-order valence-electron chi connectivity index (χ0n) is 14.5. The Balaban J connectivity index is 2.28. The van der Waals surface area contributed by atoms with Crippen molar-refractivity contribution >= 4 is 22.9 Å². The second-order valence-electron chi connectivity index (χ2n) is 5.80. The number of nitrogens with zero attached hydrogens (tertiary/aromatic N) is 1. The van der Waals surface area contributed by atoms with Gasteiger partial charge in [0.1, 0.15) is 0 Å². The number of carbonyl (C=O) groups excluding carboxylic acids is 1. The molecule has 6 heteroatoms. The molecule has 0 fully saturated rings. The lowest BCUT2D eigenvalue weighted by Gasteiger charge is -2.19. The number of unbranched alkanes of at least 4 members (excludes halogenated alkanes) is 1. The first-order chi connectivity index (χ1) is 11.5. The molecule has 0 saturated heterocycles. The van der Waals surface area contributed by atoms with E-state index < -0.39 is 0 Å². The number of benzene rings is 1. The van der Waals surface area contributed by atoms with E-state index in [4.69, 9.17) is 0 Å². The number of thiazole rings is 1. The van der Waals surface area contributed by atoms with Crippen LogP contribution in [-0.2, 0) is 11.3 Å². The van der Waals surface area contributed by atoms with Crippen LogP contribution in [0.4, 0.5) is 5.69 Å². The molecule has 130 valence electrons. The van der Waals surface area contributed by atoms with Crippen molar-refractivity contribution in [2.24, 2.45) is 0 Å². The molecule has 0 spiro atoms. The number of nitrogens with one attached hydrogen (secondary N) is 2. The number of hydrogen-bond donors (Lipinski definition) is 2.